The van der Waals surface area contributed by atoms with Crippen molar-refractivity contribution in [3.63, 3.8) is 0 Å². The predicted octanol–water partition coefficient (Wildman–Crippen LogP) is 3.85. The summed E-state index contributed by atoms with van der Waals surface area (Å²) in [5, 5.41) is 6.01. The second kappa shape index (κ2) is 4.33. The van der Waals surface area contributed by atoms with E-state index in [9.17, 15) is 0 Å². The minimum atomic E-state index is 0.455. The number of aromatic nitrogens is 4. The summed E-state index contributed by atoms with van der Waals surface area (Å²) in [6.45, 7) is 2.10. The summed E-state index contributed by atoms with van der Waals surface area (Å²) in [6.07, 6.45) is 1.83. The van der Waals surface area contributed by atoms with Crippen LogP contribution in [0.1, 0.15) is 5.56 Å². The normalized spacial score (nSPS) is 11.6. The molecule has 0 aliphatic carbocycles. The number of halogens is 1. The maximum atomic E-state index is 6.01. The zero-order chi connectivity index (χ0) is 14.6. The molecular weight excluding hydrogens is 284 g/mol. The molecule has 0 fully saturated rings. The summed E-state index contributed by atoms with van der Waals surface area (Å²) < 4.78 is 3.93. The van der Waals surface area contributed by atoms with Gasteiger partial charge in [0.25, 0.3) is 0 Å². The maximum Gasteiger partial charge on any atom is 0.154 e. The molecule has 4 nitrogen and oxygen atoms in total. The van der Waals surface area contributed by atoms with Crippen LogP contribution in [-0.2, 0) is 7.05 Å². The van der Waals surface area contributed by atoms with Crippen LogP contribution in [0.2, 0.25) is 5.15 Å². The Labute approximate surface area is 126 Å². The van der Waals surface area contributed by atoms with Crippen LogP contribution in [0, 0.1) is 6.92 Å². The van der Waals surface area contributed by atoms with Crippen LogP contribution in [0.4, 0.5) is 0 Å². The van der Waals surface area contributed by atoms with Crippen molar-refractivity contribution >= 4 is 28.2 Å². The molecule has 5 heteroatoms. The van der Waals surface area contributed by atoms with Gasteiger partial charge in [-0.15, -0.1) is 0 Å². The fraction of sp³-hybridized carbons (Fsp3) is 0.125. The van der Waals surface area contributed by atoms with Crippen LogP contribution in [-0.4, -0.2) is 19.2 Å². The molecule has 3 heterocycles. The summed E-state index contributed by atoms with van der Waals surface area (Å²) >= 11 is 6.01. The number of nitrogens with zero attached hydrogens (tertiary/aromatic N) is 4. The summed E-state index contributed by atoms with van der Waals surface area (Å²) in [6, 6.07) is 12.2. The van der Waals surface area contributed by atoms with E-state index in [-0.39, 0.29) is 0 Å². The van der Waals surface area contributed by atoms with Crippen LogP contribution < -0.4 is 0 Å². The quantitative estimate of drug-likeness (QED) is 0.535. The molecule has 0 bridgehead atoms. The molecule has 0 atom stereocenters. The molecule has 3 aromatic heterocycles. The zero-order valence-corrected chi connectivity index (χ0v) is 12.5. The lowest BCUT2D eigenvalue weighted by Crippen LogP contribution is -1.98. The van der Waals surface area contributed by atoms with Crippen LogP contribution in [0.15, 0.2) is 42.6 Å². The Kier molecular flexibility index (Phi) is 2.56. The fourth-order valence-corrected chi connectivity index (χ4v) is 2.88. The first-order chi connectivity index (χ1) is 10.1. The third-order valence-corrected chi connectivity index (χ3v) is 3.99. The van der Waals surface area contributed by atoms with Gasteiger partial charge in [-0.3, -0.25) is 0 Å². The molecule has 4 rings (SSSR count). The number of hydrogen-bond donors (Lipinski definition) is 0. The first-order valence-electron chi connectivity index (χ1n) is 6.70. The lowest BCUT2D eigenvalue weighted by atomic mass is 10.2. The molecule has 104 valence electrons. The monoisotopic (exact) mass is 296 g/mol. The van der Waals surface area contributed by atoms with Gasteiger partial charge in [0, 0.05) is 18.0 Å². The van der Waals surface area contributed by atoms with Crippen LogP contribution in [0.3, 0.4) is 0 Å². The lowest BCUT2D eigenvalue weighted by Gasteiger charge is -2.04. The van der Waals surface area contributed by atoms with Gasteiger partial charge in [0.15, 0.2) is 5.65 Å². The molecule has 0 N–H and O–H groups in total. The van der Waals surface area contributed by atoms with Gasteiger partial charge in [-0.05, 0) is 37.3 Å². The number of rotatable bonds is 1. The molecule has 0 aliphatic heterocycles. The molecule has 1 aromatic carbocycles. The Balaban J connectivity index is 2.04. The smallest absolute Gasteiger partial charge is 0.154 e. The summed E-state index contributed by atoms with van der Waals surface area (Å²) in [5.74, 6) is 0. The van der Waals surface area contributed by atoms with Crippen molar-refractivity contribution in [3.05, 3.63) is 53.3 Å². The number of benzene rings is 1. The number of hydrogen-bond acceptors (Lipinski definition) is 2. The van der Waals surface area contributed by atoms with E-state index in [2.05, 4.69) is 52.9 Å². The van der Waals surface area contributed by atoms with E-state index in [0.29, 0.717) is 5.15 Å². The fourth-order valence-electron chi connectivity index (χ4n) is 2.74. The van der Waals surface area contributed by atoms with Crippen molar-refractivity contribution in [2.45, 2.75) is 6.92 Å². The standard InChI is InChI=1S/C16H13ClN4/c1-10-3-4-12-11(7-10)8-13(20(12)2)14-9-18-16-6-5-15(17)19-21(14)16/h3-9H,1-2H3. The minimum Gasteiger partial charge on any atom is -0.342 e. The molecule has 0 spiro atoms. The topological polar surface area (TPSA) is 35.1 Å². The first kappa shape index (κ1) is 12.4. The Bertz CT molecular complexity index is 981. The summed E-state index contributed by atoms with van der Waals surface area (Å²) in [7, 11) is 2.05. The van der Waals surface area contributed by atoms with Gasteiger partial charge in [0.05, 0.1) is 11.9 Å². The van der Waals surface area contributed by atoms with E-state index >= 15 is 0 Å². The van der Waals surface area contributed by atoms with E-state index in [0.717, 1.165) is 17.0 Å². The SMILES string of the molecule is Cc1ccc2c(c1)cc(-c1cnc3ccc(Cl)nn13)n2C. The number of fused-ring (bicyclic) bond motifs is 2. The van der Waals surface area contributed by atoms with Crippen molar-refractivity contribution in [3.8, 4) is 11.4 Å². The van der Waals surface area contributed by atoms with Crippen LogP contribution in [0.5, 0.6) is 0 Å². The molecule has 0 amide bonds. The summed E-state index contributed by atoms with van der Waals surface area (Å²) in [4.78, 5) is 4.39. The molecule has 4 aromatic rings. The zero-order valence-electron chi connectivity index (χ0n) is 11.7. The molecule has 0 saturated carbocycles. The van der Waals surface area contributed by atoms with Gasteiger partial charge in [-0.25, -0.2) is 9.50 Å². The van der Waals surface area contributed by atoms with Crippen molar-refractivity contribution in [1.29, 1.82) is 0 Å². The molecule has 0 aliphatic rings. The van der Waals surface area contributed by atoms with Crippen molar-refractivity contribution in [1.82, 2.24) is 19.2 Å². The second-order valence-electron chi connectivity index (χ2n) is 5.22. The highest BCUT2D eigenvalue weighted by Crippen LogP contribution is 2.28. The summed E-state index contributed by atoms with van der Waals surface area (Å²) in [5.41, 5.74) is 5.23. The highest BCUT2D eigenvalue weighted by atomic mass is 35.5. The minimum absolute atomic E-state index is 0.455. The van der Waals surface area contributed by atoms with E-state index in [4.69, 9.17) is 11.6 Å². The number of imidazole rings is 1. The largest absolute Gasteiger partial charge is 0.342 e. The van der Waals surface area contributed by atoms with Crippen molar-refractivity contribution in [2.24, 2.45) is 7.05 Å². The van der Waals surface area contributed by atoms with E-state index in [1.54, 1.807) is 10.6 Å². The second-order valence-corrected chi connectivity index (χ2v) is 5.61. The Hall–Kier alpha value is -2.33. The Morgan fingerprint density at radius 2 is 1.90 bits per heavy atom. The Morgan fingerprint density at radius 3 is 2.76 bits per heavy atom. The van der Waals surface area contributed by atoms with Crippen LogP contribution in [0.25, 0.3) is 27.9 Å². The average molecular weight is 297 g/mol. The van der Waals surface area contributed by atoms with E-state index < -0.39 is 0 Å². The van der Waals surface area contributed by atoms with Gasteiger partial charge in [-0.1, -0.05) is 23.2 Å². The third-order valence-electron chi connectivity index (χ3n) is 3.79. The van der Waals surface area contributed by atoms with Crippen LogP contribution >= 0.6 is 11.6 Å². The molecule has 0 unspecified atom stereocenters. The first-order valence-corrected chi connectivity index (χ1v) is 7.08. The van der Waals surface area contributed by atoms with Gasteiger partial charge < -0.3 is 4.57 Å². The highest BCUT2D eigenvalue weighted by molar-refractivity contribution is 6.29. The molecule has 21 heavy (non-hydrogen) atoms. The van der Waals surface area contributed by atoms with Gasteiger partial charge in [0.2, 0.25) is 0 Å². The van der Waals surface area contributed by atoms with Gasteiger partial charge in [-0.2, -0.15) is 5.10 Å². The maximum absolute atomic E-state index is 6.01. The third kappa shape index (κ3) is 1.83. The van der Waals surface area contributed by atoms with Gasteiger partial charge in [0.1, 0.15) is 10.8 Å². The average Bonchev–Trinajstić information content (AvgIpc) is 3.00. The Morgan fingerprint density at radius 1 is 1.05 bits per heavy atom. The molecule has 0 saturated heterocycles. The highest BCUT2D eigenvalue weighted by Gasteiger charge is 2.13. The lowest BCUT2D eigenvalue weighted by molar-refractivity contribution is 0.911. The van der Waals surface area contributed by atoms with E-state index in [1.165, 1.54) is 16.5 Å². The molecular formula is C16H13ClN4. The molecule has 0 radical (unpaired) electrons. The number of aryl methyl sites for hydroxylation is 2. The van der Waals surface area contributed by atoms with E-state index in [1.807, 2.05) is 12.3 Å². The predicted molar refractivity (Wildman–Crippen MR) is 84.6 cm³/mol. The van der Waals surface area contributed by atoms with Gasteiger partial charge >= 0.3 is 0 Å². The van der Waals surface area contributed by atoms with Crippen molar-refractivity contribution < 1.29 is 0 Å². The van der Waals surface area contributed by atoms with Crippen molar-refractivity contribution in [2.75, 3.05) is 0 Å².